The van der Waals surface area contributed by atoms with Crippen molar-refractivity contribution in [3.63, 3.8) is 0 Å². The number of carbonyl (C=O) groups excluding carboxylic acids is 1. The molecule has 2 aliphatic rings. The van der Waals surface area contributed by atoms with Crippen molar-refractivity contribution < 1.29 is 27.8 Å². The molecule has 2 bridgehead atoms. The monoisotopic (exact) mass is 646 g/mol. The van der Waals surface area contributed by atoms with E-state index >= 15 is 8.78 Å². The molecule has 13 heteroatoms. The van der Waals surface area contributed by atoms with Crippen molar-refractivity contribution in [1.29, 1.82) is 0 Å². The Kier molecular flexibility index (Phi) is 8.77. The highest BCUT2D eigenvalue weighted by Gasteiger charge is 2.34. The van der Waals surface area contributed by atoms with Crippen molar-refractivity contribution >= 4 is 22.8 Å². The first kappa shape index (κ1) is 32.2. The van der Waals surface area contributed by atoms with Gasteiger partial charge in [0.15, 0.2) is 11.5 Å². The van der Waals surface area contributed by atoms with Crippen LogP contribution in [0.25, 0.3) is 28.0 Å². The molecule has 0 saturated carbocycles. The molecular weight excluding hydrogens is 610 g/mol. The molecule has 4 aromatic rings. The minimum absolute atomic E-state index is 0.0444. The van der Waals surface area contributed by atoms with Crippen LogP contribution in [-0.2, 0) is 14.3 Å². The maximum atomic E-state index is 16.3. The second-order valence-electron chi connectivity index (χ2n) is 11.9. The van der Waals surface area contributed by atoms with E-state index in [1.54, 1.807) is 17.2 Å². The second-order valence-corrected chi connectivity index (χ2v) is 11.9. The van der Waals surface area contributed by atoms with Gasteiger partial charge in [-0.15, -0.1) is 0 Å². The number of anilines is 1. The molecule has 3 aromatic heterocycles. The summed E-state index contributed by atoms with van der Waals surface area (Å²) in [4.78, 5) is 44.1. The number of fused-ring (bicyclic) bond motifs is 5. The number of hydrogen-bond donors (Lipinski definition) is 0. The average Bonchev–Trinajstić information content (AvgIpc) is 3.05. The maximum Gasteiger partial charge on any atom is 0.355 e. The molecule has 5 heterocycles. The minimum Gasteiger partial charge on any atom is -0.490 e. The van der Waals surface area contributed by atoms with Gasteiger partial charge in [-0.25, -0.2) is 23.1 Å². The number of benzene rings is 1. The number of halogens is 2. The van der Waals surface area contributed by atoms with Crippen LogP contribution < -0.4 is 15.3 Å². The van der Waals surface area contributed by atoms with E-state index in [9.17, 15) is 9.59 Å². The molecule has 6 rings (SSSR count). The number of aromatic nitrogens is 4. The van der Waals surface area contributed by atoms with Gasteiger partial charge >= 0.3 is 5.69 Å². The van der Waals surface area contributed by atoms with Gasteiger partial charge in [0, 0.05) is 51.7 Å². The smallest absolute Gasteiger partial charge is 0.355 e. The molecule has 2 aliphatic heterocycles. The molecule has 11 nitrogen and oxygen atoms in total. The van der Waals surface area contributed by atoms with Crippen LogP contribution in [0.3, 0.4) is 0 Å². The lowest BCUT2D eigenvalue weighted by molar-refractivity contribution is -0.126. The summed E-state index contributed by atoms with van der Waals surface area (Å²) in [5, 5.41) is 0.221. The fraction of sp³-hybridized carbons (Fsp3) is 0.382. The summed E-state index contributed by atoms with van der Waals surface area (Å²) in [7, 11) is 3.01. The van der Waals surface area contributed by atoms with E-state index in [0.29, 0.717) is 36.6 Å². The van der Waals surface area contributed by atoms with E-state index in [1.807, 2.05) is 25.7 Å². The van der Waals surface area contributed by atoms with Crippen molar-refractivity contribution in [2.75, 3.05) is 45.4 Å². The Balaban J connectivity index is 1.73. The minimum atomic E-state index is -0.834. The van der Waals surface area contributed by atoms with Crippen molar-refractivity contribution in [1.82, 2.24) is 24.4 Å². The molecule has 0 aliphatic carbocycles. The second kappa shape index (κ2) is 12.8. The van der Waals surface area contributed by atoms with E-state index in [4.69, 9.17) is 19.2 Å². The Morgan fingerprint density at radius 2 is 1.91 bits per heavy atom. The molecular formula is C34H36F2N6O5. The molecule has 0 spiro atoms. The van der Waals surface area contributed by atoms with Crippen LogP contribution in [0.1, 0.15) is 44.1 Å². The Hall–Kier alpha value is -4.75. The third-order valence-corrected chi connectivity index (χ3v) is 8.76. The van der Waals surface area contributed by atoms with E-state index in [-0.39, 0.29) is 58.3 Å². The standard InChI is InChI=1S/C34H36F2N6O5/c1-7-26(43)40-13-14-41(19(4)16-40)32-21-15-23(36)29-27-22(35)9-8-10-24(27)47-17-25(45-5)31(46-6)20-11-12-37-28(18(2)3)30(20)42(33(21)38-29)34(44)39-32/h7-12,15,18-19,25,31H,1,13-14,16-17H2,2-6H3/t19-,25?,31?/m0/s1. The summed E-state index contributed by atoms with van der Waals surface area (Å²) in [6.45, 7) is 10.2. The molecule has 1 amide bonds. The number of piperazine rings is 1. The Bertz CT molecular complexity index is 1930. The summed E-state index contributed by atoms with van der Waals surface area (Å²) in [6.07, 6.45) is 1.38. The van der Waals surface area contributed by atoms with Crippen LogP contribution in [0.4, 0.5) is 14.6 Å². The van der Waals surface area contributed by atoms with E-state index in [2.05, 4.69) is 16.5 Å². The number of nitrogens with zero attached hydrogens (tertiary/aromatic N) is 6. The number of methoxy groups -OCH3 is 2. The summed E-state index contributed by atoms with van der Waals surface area (Å²) >= 11 is 0. The van der Waals surface area contributed by atoms with Gasteiger partial charge < -0.3 is 24.0 Å². The largest absolute Gasteiger partial charge is 0.490 e. The van der Waals surface area contributed by atoms with Gasteiger partial charge in [-0.1, -0.05) is 26.5 Å². The van der Waals surface area contributed by atoms with Gasteiger partial charge in [0.1, 0.15) is 41.9 Å². The fourth-order valence-electron chi connectivity index (χ4n) is 6.47. The zero-order valence-corrected chi connectivity index (χ0v) is 26.9. The molecule has 1 aromatic carbocycles. The fourth-order valence-corrected chi connectivity index (χ4v) is 6.47. The maximum absolute atomic E-state index is 16.3. The van der Waals surface area contributed by atoms with Crippen LogP contribution in [-0.4, -0.2) is 82.9 Å². The van der Waals surface area contributed by atoms with E-state index in [0.717, 1.165) is 0 Å². The summed E-state index contributed by atoms with van der Waals surface area (Å²) in [5.41, 5.74) is 0.268. The third-order valence-electron chi connectivity index (χ3n) is 8.76. The number of rotatable bonds is 5. The molecule has 2 unspecified atom stereocenters. The molecule has 1 fully saturated rings. The Morgan fingerprint density at radius 1 is 1.13 bits per heavy atom. The number of carbonyl (C=O) groups is 1. The van der Waals surface area contributed by atoms with E-state index in [1.165, 1.54) is 49.1 Å². The van der Waals surface area contributed by atoms with Gasteiger partial charge in [0.25, 0.3) is 0 Å². The van der Waals surface area contributed by atoms with Crippen LogP contribution in [0.2, 0.25) is 0 Å². The van der Waals surface area contributed by atoms with Crippen molar-refractivity contribution in [2.24, 2.45) is 0 Å². The zero-order valence-electron chi connectivity index (χ0n) is 26.9. The van der Waals surface area contributed by atoms with Gasteiger partial charge in [0.05, 0.1) is 22.3 Å². The third kappa shape index (κ3) is 5.52. The normalized spacial score (nSPS) is 19.5. The quantitative estimate of drug-likeness (QED) is 0.288. The topological polar surface area (TPSA) is 112 Å². The molecule has 47 heavy (non-hydrogen) atoms. The zero-order chi connectivity index (χ0) is 33.6. The summed E-state index contributed by atoms with van der Waals surface area (Å²) in [5.74, 6) is -1.73. The molecule has 246 valence electrons. The first-order valence-corrected chi connectivity index (χ1v) is 15.4. The molecule has 0 N–H and O–H groups in total. The highest BCUT2D eigenvalue weighted by Crippen LogP contribution is 2.40. The first-order chi connectivity index (χ1) is 22.6. The number of pyridine rings is 2. The first-order valence-electron chi connectivity index (χ1n) is 15.4. The van der Waals surface area contributed by atoms with Crippen LogP contribution >= 0.6 is 0 Å². The molecule has 3 atom stereocenters. The summed E-state index contributed by atoms with van der Waals surface area (Å²) < 4.78 is 51.1. The van der Waals surface area contributed by atoms with Crippen LogP contribution in [0, 0.1) is 11.6 Å². The lowest BCUT2D eigenvalue weighted by Crippen LogP contribution is -2.54. The van der Waals surface area contributed by atoms with Crippen molar-refractivity contribution in [3.05, 3.63) is 82.6 Å². The highest BCUT2D eigenvalue weighted by molar-refractivity contribution is 5.91. The van der Waals surface area contributed by atoms with Gasteiger partial charge in [0.2, 0.25) is 5.91 Å². The van der Waals surface area contributed by atoms with Crippen LogP contribution in [0.5, 0.6) is 5.75 Å². The number of amides is 1. The Morgan fingerprint density at radius 3 is 2.60 bits per heavy atom. The number of hydrogen-bond acceptors (Lipinski definition) is 9. The van der Waals surface area contributed by atoms with Gasteiger partial charge in [-0.3, -0.25) is 9.78 Å². The van der Waals surface area contributed by atoms with Gasteiger partial charge in [-0.2, -0.15) is 4.98 Å². The SMILES string of the molecule is C=CC(=O)N1CCN(c2nc(=O)n3c4nc(c(F)cc24)-c2c(F)cccc2OCC(OC)C(OC)c2ccnc(C(C)C)c2-3)[C@@H](C)C1. The van der Waals surface area contributed by atoms with Crippen LogP contribution in [0.15, 0.2) is 54.0 Å². The predicted octanol–water partition coefficient (Wildman–Crippen LogP) is 4.56. The number of ether oxygens (including phenoxy) is 3. The van der Waals surface area contributed by atoms with E-state index < -0.39 is 29.5 Å². The average molecular weight is 647 g/mol. The van der Waals surface area contributed by atoms with Crippen molar-refractivity contribution in [2.45, 2.75) is 44.9 Å². The van der Waals surface area contributed by atoms with Gasteiger partial charge in [-0.05, 0) is 43.2 Å². The summed E-state index contributed by atoms with van der Waals surface area (Å²) in [6, 6.07) is 6.84. The highest BCUT2D eigenvalue weighted by atomic mass is 19.1. The molecule has 1 saturated heterocycles. The molecule has 0 radical (unpaired) electrons. The predicted molar refractivity (Wildman–Crippen MR) is 172 cm³/mol. The lowest BCUT2D eigenvalue weighted by Gasteiger charge is -2.40. The Labute approximate surface area is 270 Å². The lowest BCUT2D eigenvalue weighted by atomic mass is 9.97. The van der Waals surface area contributed by atoms with Crippen molar-refractivity contribution in [3.8, 4) is 22.7 Å².